The van der Waals surface area contributed by atoms with Crippen LogP contribution < -0.4 is 5.73 Å². The first kappa shape index (κ1) is 7.85. The van der Waals surface area contributed by atoms with Gasteiger partial charge in [-0.3, -0.25) is 4.79 Å². The highest BCUT2D eigenvalue weighted by Gasteiger charge is 2.00. The molecule has 0 radical (unpaired) electrons. The zero-order valence-corrected chi connectivity index (χ0v) is 6.36. The van der Waals surface area contributed by atoms with Gasteiger partial charge in [-0.25, -0.2) is 0 Å². The maximum Gasteiger partial charge on any atom is 0.219 e. The smallest absolute Gasteiger partial charge is 0.219 e. The minimum absolute atomic E-state index is 0.243. The fourth-order valence-electron chi connectivity index (χ4n) is 0.927. The summed E-state index contributed by atoms with van der Waals surface area (Å²) < 4.78 is 0. The molecule has 0 saturated heterocycles. The summed E-state index contributed by atoms with van der Waals surface area (Å²) >= 11 is 0. The molecule has 0 aromatic heterocycles. The van der Waals surface area contributed by atoms with E-state index in [0.717, 1.165) is 13.1 Å². The Hall–Kier alpha value is -1.25. The minimum Gasteiger partial charge on any atom is -0.373 e. The molecule has 1 aliphatic rings. The molecule has 0 saturated carbocycles. The van der Waals surface area contributed by atoms with Crippen LogP contribution in [0.3, 0.4) is 0 Å². The molecule has 0 aromatic rings. The third-order valence-corrected chi connectivity index (χ3v) is 1.53. The van der Waals surface area contributed by atoms with Crippen molar-refractivity contribution in [3.8, 4) is 0 Å². The molecule has 0 aliphatic carbocycles. The first-order valence-corrected chi connectivity index (χ1v) is 3.65. The number of carbonyl (C=O) groups excluding carboxylic acids is 1. The van der Waals surface area contributed by atoms with E-state index >= 15 is 0 Å². The van der Waals surface area contributed by atoms with Crippen LogP contribution in [0.5, 0.6) is 0 Å². The lowest BCUT2D eigenvalue weighted by Crippen LogP contribution is -2.24. The Balaban J connectivity index is 2.22. The van der Waals surface area contributed by atoms with E-state index < -0.39 is 0 Å². The molecule has 0 bridgehead atoms. The lowest BCUT2D eigenvalue weighted by atomic mass is 10.3. The summed E-state index contributed by atoms with van der Waals surface area (Å²) in [6, 6.07) is 0. The maximum absolute atomic E-state index is 10.4. The van der Waals surface area contributed by atoms with Crippen LogP contribution in [-0.4, -0.2) is 23.9 Å². The Kier molecular flexibility index (Phi) is 2.72. The number of nitrogens with zero attached hydrogens (tertiary/aromatic N) is 1. The first-order chi connectivity index (χ1) is 5.29. The summed E-state index contributed by atoms with van der Waals surface area (Å²) in [4.78, 5) is 12.4. The van der Waals surface area contributed by atoms with Crippen molar-refractivity contribution in [3.63, 3.8) is 0 Å². The summed E-state index contributed by atoms with van der Waals surface area (Å²) in [5, 5.41) is 0. The molecule has 0 fully saturated rings. The first-order valence-electron chi connectivity index (χ1n) is 3.65. The SMILES string of the molecule is NC(=O)CCN1C=CC=CC1. The third kappa shape index (κ3) is 2.89. The molecule has 0 aromatic carbocycles. The molecule has 0 atom stereocenters. The zero-order chi connectivity index (χ0) is 8.10. The number of primary amides is 1. The molecule has 60 valence electrons. The van der Waals surface area contributed by atoms with Gasteiger partial charge in [-0.1, -0.05) is 12.2 Å². The number of nitrogens with two attached hydrogens (primary N) is 1. The molecule has 1 amide bonds. The van der Waals surface area contributed by atoms with Crippen molar-refractivity contribution in [1.82, 2.24) is 4.90 Å². The Morgan fingerprint density at radius 2 is 2.36 bits per heavy atom. The van der Waals surface area contributed by atoms with E-state index in [4.69, 9.17) is 5.73 Å². The van der Waals surface area contributed by atoms with E-state index in [0.29, 0.717) is 6.42 Å². The van der Waals surface area contributed by atoms with Crippen molar-refractivity contribution >= 4 is 5.91 Å². The number of amides is 1. The standard InChI is InChI=1S/C8H12N2O/c9-8(11)4-7-10-5-2-1-3-6-10/h1-3,5H,4,6-7H2,(H2,9,11). The van der Waals surface area contributed by atoms with Crippen molar-refractivity contribution in [3.05, 3.63) is 24.4 Å². The van der Waals surface area contributed by atoms with E-state index in [9.17, 15) is 4.79 Å². The Morgan fingerprint density at radius 3 is 2.91 bits per heavy atom. The predicted molar refractivity (Wildman–Crippen MR) is 43.7 cm³/mol. The second-order valence-corrected chi connectivity index (χ2v) is 2.48. The summed E-state index contributed by atoms with van der Waals surface area (Å²) in [6.45, 7) is 1.60. The summed E-state index contributed by atoms with van der Waals surface area (Å²) in [5.41, 5.74) is 5.00. The quantitative estimate of drug-likeness (QED) is 0.630. The fraction of sp³-hybridized carbons (Fsp3) is 0.375. The van der Waals surface area contributed by atoms with Crippen LogP contribution >= 0.6 is 0 Å². The van der Waals surface area contributed by atoms with E-state index in [2.05, 4.69) is 0 Å². The average molecular weight is 152 g/mol. The normalized spacial score (nSPS) is 15.5. The topological polar surface area (TPSA) is 46.3 Å². The van der Waals surface area contributed by atoms with Gasteiger partial charge in [0.15, 0.2) is 0 Å². The van der Waals surface area contributed by atoms with Crippen LogP contribution in [0.15, 0.2) is 24.4 Å². The summed E-state index contributed by atoms with van der Waals surface area (Å²) in [6.07, 6.45) is 8.37. The van der Waals surface area contributed by atoms with Crippen molar-refractivity contribution in [2.45, 2.75) is 6.42 Å². The van der Waals surface area contributed by atoms with Gasteiger partial charge in [0, 0.05) is 19.5 Å². The molecule has 1 rings (SSSR count). The van der Waals surface area contributed by atoms with Crippen LogP contribution in [0, 0.1) is 0 Å². The number of carbonyl (C=O) groups is 1. The monoisotopic (exact) mass is 152 g/mol. The van der Waals surface area contributed by atoms with Gasteiger partial charge in [0.25, 0.3) is 0 Å². The highest BCUT2D eigenvalue weighted by Crippen LogP contribution is 1.98. The molecule has 0 spiro atoms. The third-order valence-electron chi connectivity index (χ3n) is 1.53. The highest BCUT2D eigenvalue weighted by molar-refractivity contribution is 5.73. The van der Waals surface area contributed by atoms with E-state index in [1.807, 2.05) is 29.3 Å². The number of hydrogen-bond acceptors (Lipinski definition) is 2. The zero-order valence-electron chi connectivity index (χ0n) is 6.36. The fourth-order valence-corrected chi connectivity index (χ4v) is 0.927. The molecule has 11 heavy (non-hydrogen) atoms. The van der Waals surface area contributed by atoms with Crippen molar-refractivity contribution in [2.24, 2.45) is 5.73 Å². The van der Waals surface area contributed by atoms with E-state index in [1.165, 1.54) is 0 Å². The van der Waals surface area contributed by atoms with Crippen LogP contribution in [0.2, 0.25) is 0 Å². The molecule has 3 heteroatoms. The second-order valence-electron chi connectivity index (χ2n) is 2.48. The molecule has 0 unspecified atom stereocenters. The average Bonchev–Trinajstić information content (AvgIpc) is 2.03. The van der Waals surface area contributed by atoms with Crippen LogP contribution in [0.1, 0.15) is 6.42 Å². The molecule has 1 aliphatic heterocycles. The number of allylic oxidation sites excluding steroid dienone is 2. The van der Waals surface area contributed by atoms with Crippen LogP contribution in [0.4, 0.5) is 0 Å². The van der Waals surface area contributed by atoms with Gasteiger partial charge < -0.3 is 10.6 Å². The Labute approximate surface area is 66.2 Å². The van der Waals surface area contributed by atoms with Gasteiger partial charge in [0.05, 0.1) is 0 Å². The number of hydrogen-bond donors (Lipinski definition) is 1. The summed E-state index contributed by atoms with van der Waals surface area (Å²) in [7, 11) is 0. The molecule has 3 nitrogen and oxygen atoms in total. The van der Waals surface area contributed by atoms with Gasteiger partial charge in [-0.15, -0.1) is 0 Å². The maximum atomic E-state index is 10.4. The largest absolute Gasteiger partial charge is 0.373 e. The lowest BCUT2D eigenvalue weighted by Gasteiger charge is -2.18. The van der Waals surface area contributed by atoms with Gasteiger partial charge in [0.1, 0.15) is 0 Å². The lowest BCUT2D eigenvalue weighted by molar-refractivity contribution is -0.118. The second kappa shape index (κ2) is 3.81. The molecular weight excluding hydrogens is 140 g/mol. The van der Waals surface area contributed by atoms with Gasteiger partial charge in [-0.2, -0.15) is 0 Å². The van der Waals surface area contributed by atoms with E-state index in [-0.39, 0.29) is 5.91 Å². The van der Waals surface area contributed by atoms with Crippen molar-refractivity contribution < 1.29 is 4.79 Å². The number of rotatable bonds is 3. The molecule has 1 heterocycles. The predicted octanol–water partition coefficient (Wildman–Crippen LogP) is 0.247. The summed E-state index contributed by atoms with van der Waals surface area (Å²) in [5.74, 6) is -0.243. The highest BCUT2D eigenvalue weighted by atomic mass is 16.1. The molecular formula is C8H12N2O. The van der Waals surface area contributed by atoms with Gasteiger partial charge in [0.2, 0.25) is 5.91 Å². The van der Waals surface area contributed by atoms with Crippen LogP contribution in [-0.2, 0) is 4.79 Å². The molecule has 2 N–H and O–H groups in total. The van der Waals surface area contributed by atoms with Gasteiger partial charge >= 0.3 is 0 Å². The van der Waals surface area contributed by atoms with Crippen molar-refractivity contribution in [2.75, 3.05) is 13.1 Å². The van der Waals surface area contributed by atoms with Crippen molar-refractivity contribution in [1.29, 1.82) is 0 Å². The Bertz CT molecular complexity index is 196. The Morgan fingerprint density at radius 1 is 1.55 bits per heavy atom. The van der Waals surface area contributed by atoms with E-state index in [1.54, 1.807) is 0 Å². The van der Waals surface area contributed by atoms with Crippen LogP contribution in [0.25, 0.3) is 0 Å². The minimum atomic E-state index is -0.243. The van der Waals surface area contributed by atoms with Gasteiger partial charge in [-0.05, 0) is 12.3 Å².